The minimum absolute atomic E-state index is 0.0254. The number of methoxy groups -OCH3 is 3. The van der Waals surface area contributed by atoms with E-state index in [0.717, 1.165) is 36.2 Å². The second-order valence-electron chi connectivity index (χ2n) is 10.1. The summed E-state index contributed by atoms with van der Waals surface area (Å²) in [6, 6.07) is 11.3. The molecule has 9 nitrogen and oxygen atoms in total. The van der Waals surface area contributed by atoms with Crippen molar-refractivity contribution in [2.24, 2.45) is 5.92 Å². The Hall–Kier alpha value is -3.56. The van der Waals surface area contributed by atoms with Gasteiger partial charge in [0.05, 0.1) is 39.1 Å². The molecule has 1 aromatic carbocycles. The van der Waals surface area contributed by atoms with Crippen molar-refractivity contribution in [3.8, 4) is 17.2 Å². The van der Waals surface area contributed by atoms with E-state index in [-0.39, 0.29) is 18.3 Å². The maximum Gasteiger partial charge on any atom is 0.305 e. The van der Waals surface area contributed by atoms with Gasteiger partial charge in [-0.1, -0.05) is 11.6 Å². The molecule has 1 amide bonds. The molecule has 4 heterocycles. The highest BCUT2D eigenvalue weighted by Crippen LogP contribution is 2.45. The lowest BCUT2D eigenvalue weighted by atomic mass is 9.92. The summed E-state index contributed by atoms with van der Waals surface area (Å²) in [5.41, 5.74) is 3.11. The predicted octanol–water partition coefficient (Wildman–Crippen LogP) is 5.29. The number of carbonyl (C=O) groups excluding carboxylic acids is 2. The first kappa shape index (κ1) is 28.0. The van der Waals surface area contributed by atoms with Gasteiger partial charge in [0.1, 0.15) is 17.9 Å². The number of hydrogen-bond acceptors (Lipinski definition) is 7. The molecular weight excluding hydrogens is 534 g/mol. The molecule has 0 bridgehead atoms. The Balaban J connectivity index is 1.42. The SMILES string of the molecule is COC(=O)CCC1CCN(C(=O)C[C@@H]2O[C@@H](c3nccc(OC)c3OC)c3cc(Cl)ccc3-n3cccc32)CC1. The van der Waals surface area contributed by atoms with Gasteiger partial charge >= 0.3 is 5.97 Å². The summed E-state index contributed by atoms with van der Waals surface area (Å²) in [6.45, 7) is 1.31. The van der Waals surface area contributed by atoms with Crippen LogP contribution in [0.3, 0.4) is 0 Å². The number of piperidine rings is 1. The fourth-order valence-corrected chi connectivity index (χ4v) is 5.86. The van der Waals surface area contributed by atoms with Crippen LogP contribution in [0.4, 0.5) is 0 Å². The smallest absolute Gasteiger partial charge is 0.305 e. The number of halogens is 1. The maximum atomic E-state index is 13.6. The zero-order chi connectivity index (χ0) is 28.2. The molecule has 5 rings (SSSR count). The molecule has 0 unspecified atom stereocenters. The molecule has 212 valence electrons. The van der Waals surface area contributed by atoms with E-state index in [2.05, 4.69) is 9.55 Å². The zero-order valence-electron chi connectivity index (χ0n) is 23.0. The largest absolute Gasteiger partial charge is 0.493 e. The van der Waals surface area contributed by atoms with Gasteiger partial charge in [-0.05, 0) is 55.5 Å². The Morgan fingerprint density at radius 3 is 2.62 bits per heavy atom. The van der Waals surface area contributed by atoms with Crippen molar-refractivity contribution in [3.63, 3.8) is 0 Å². The number of ether oxygens (including phenoxy) is 4. The number of hydrogen-bond donors (Lipinski definition) is 0. The Morgan fingerprint density at radius 1 is 1.10 bits per heavy atom. The lowest BCUT2D eigenvalue weighted by Gasteiger charge is -2.33. The normalized spacial score (nSPS) is 18.9. The lowest BCUT2D eigenvalue weighted by molar-refractivity contribution is -0.141. The number of benzene rings is 1. The van der Waals surface area contributed by atoms with Gasteiger partial charge < -0.3 is 28.4 Å². The molecule has 0 radical (unpaired) electrons. The molecule has 2 aliphatic heterocycles. The number of esters is 1. The molecular formula is C30H34ClN3O6. The first-order chi connectivity index (χ1) is 19.4. The summed E-state index contributed by atoms with van der Waals surface area (Å²) >= 11 is 6.47. The fraction of sp³-hybridized carbons (Fsp3) is 0.433. The monoisotopic (exact) mass is 567 g/mol. The number of likely N-dealkylation sites (tertiary alicyclic amines) is 1. The van der Waals surface area contributed by atoms with Crippen LogP contribution >= 0.6 is 11.6 Å². The van der Waals surface area contributed by atoms with Crippen LogP contribution in [0.15, 0.2) is 48.8 Å². The third-order valence-corrected chi connectivity index (χ3v) is 8.06. The van der Waals surface area contributed by atoms with E-state index >= 15 is 0 Å². The summed E-state index contributed by atoms with van der Waals surface area (Å²) in [4.78, 5) is 31.7. The number of fused-ring (bicyclic) bond motifs is 3. The second kappa shape index (κ2) is 12.3. The van der Waals surface area contributed by atoms with E-state index in [1.165, 1.54) is 7.11 Å². The highest BCUT2D eigenvalue weighted by Gasteiger charge is 2.36. The molecule has 0 spiro atoms. The topological polar surface area (TPSA) is 92.1 Å². The first-order valence-corrected chi connectivity index (χ1v) is 13.8. The van der Waals surface area contributed by atoms with Crippen LogP contribution in [0.2, 0.25) is 5.02 Å². The van der Waals surface area contributed by atoms with E-state index in [1.807, 2.05) is 41.4 Å². The van der Waals surface area contributed by atoms with Gasteiger partial charge in [0.25, 0.3) is 0 Å². The average Bonchev–Trinajstić information content (AvgIpc) is 3.43. The van der Waals surface area contributed by atoms with Crippen molar-refractivity contribution in [1.82, 2.24) is 14.5 Å². The number of rotatable bonds is 8. The average molecular weight is 568 g/mol. The minimum atomic E-state index is -0.666. The Bertz CT molecular complexity index is 1370. The van der Waals surface area contributed by atoms with Crippen LogP contribution in [-0.4, -0.2) is 60.7 Å². The number of pyridine rings is 1. The molecule has 40 heavy (non-hydrogen) atoms. The van der Waals surface area contributed by atoms with Crippen molar-refractivity contribution in [2.75, 3.05) is 34.4 Å². The van der Waals surface area contributed by atoms with E-state index in [0.29, 0.717) is 47.6 Å². The van der Waals surface area contributed by atoms with E-state index in [1.54, 1.807) is 26.5 Å². The quantitative estimate of drug-likeness (QED) is 0.342. The lowest BCUT2D eigenvalue weighted by Crippen LogP contribution is -2.39. The summed E-state index contributed by atoms with van der Waals surface area (Å²) in [6.07, 6.45) is 5.50. The highest BCUT2D eigenvalue weighted by atomic mass is 35.5. The van der Waals surface area contributed by atoms with E-state index in [4.69, 9.17) is 30.5 Å². The maximum absolute atomic E-state index is 13.6. The molecule has 3 aromatic rings. The number of nitrogens with zero attached hydrogens (tertiary/aromatic N) is 3. The molecule has 1 saturated heterocycles. The van der Waals surface area contributed by atoms with Crippen molar-refractivity contribution in [3.05, 3.63) is 70.8 Å². The fourth-order valence-electron chi connectivity index (χ4n) is 5.68. The van der Waals surface area contributed by atoms with Gasteiger partial charge in [0.2, 0.25) is 5.91 Å². The molecule has 2 aromatic heterocycles. The van der Waals surface area contributed by atoms with Crippen LogP contribution in [0.5, 0.6) is 11.5 Å². The van der Waals surface area contributed by atoms with Crippen molar-refractivity contribution in [1.29, 1.82) is 0 Å². The van der Waals surface area contributed by atoms with Gasteiger partial charge in [-0.15, -0.1) is 0 Å². The molecule has 0 saturated carbocycles. The predicted molar refractivity (Wildman–Crippen MR) is 149 cm³/mol. The third-order valence-electron chi connectivity index (χ3n) is 7.82. The molecule has 1 fully saturated rings. The van der Waals surface area contributed by atoms with Crippen LogP contribution < -0.4 is 9.47 Å². The number of aromatic nitrogens is 2. The summed E-state index contributed by atoms with van der Waals surface area (Å²) < 4.78 is 24.9. The Kier molecular flexibility index (Phi) is 8.61. The van der Waals surface area contributed by atoms with E-state index < -0.39 is 12.2 Å². The van der Waals surface area contributed by atoms with Crippen LogP contribution in [0.1, 0.15) is 61.3 Å². The molecule has 0 aliphatic carbocycles. The van der Waals surface area contributed by atoms with Crippen molar-refractivity contribution in [2.45, 2.75) is 44.3 Å². The van der Waals surface area contributed by atoms with Gasteiger partial charge in [-0.25, -0.2) is 0 Å². The molecule has 2 atom stereocenters. The summed E-state index contributed by atoms with van der Waals surface area (Å²) in [5.74, 6) is 1.24. The van der Waals surface area contributed by atoms with Crippen LogP contribution in [-0.2, 0) is 19.1 Å². The zero-order valence-corrected chi connectivity index (χ0v) is 23.7. The Morgan fingerprint density at radius 2 is 1.90 bits per heavy atom. The third kappa shape index (κ3) is 5.67. The summed E-state index contributed by atoms with van der Waals surface area (Å²) in [5, 5.41) is 0.563. The first-order valence-electron chi connectivity index (χ1n) is 13.5. The van der Waals surface area contributed by atoms with Gasteiger partial charge in [0, 0.05) is 48.6 Å². The standard InChI is InChI=1S/C30H34ClN3O6/c1-37-24-10-13-32-28(30(24)39-3)29-21-17-20(31)7-8-22(21)34-14-4-5-23(34)25(40-29)18-26(35)33-15-11-19(12-16-33)6-9-27(36)38-2/h4-5,7-8,10,13-14,17,19,25,29H,6,9,11-12,15-16,18H2,1-3H3/t25-,29+/m0/s1. The van der Waals surface area contributed by atoms with E-state index in [9.17, 15) is 9.59 Å². The van der Waals surface area contributed by atoms with Crippen molar-refractivity contribution >= 4 is 23.5 Å². The number of amides is 1. The van der Waals surface area contributed by atoms with Gasteiger partial charge in [-0.2, -0.15) is 0 Å². The summed E-state index contributed by atoms with van der Waals surface area (Å²) in [7, 11) is 4.55. The van der Waals surface area contributed by atoms with Crippen molar-refractivity contribution < 1.29 is 28.5 Å². The number of carbonyl (C=O) groups is 2. The molecule has 0 N–H and O–H groups in total. The Labute approximate surface area is 238 Å². The van der Waals surface area contributed by atoms with Crippen LogP contribution in [0, 0.1) is 5.92 Å². The molecule has 10 heteroatoms. The highest BCUT2D eigenvalue weighted by molar-refractivity contribution is 6.30. The van der Waals surface area contributed by atoms with Gasteiger partial charge in [0.15, 0.2) is 11.5 Å². The molecule has 2 aliphatic rings. The minimum Gasteiger partial charge on any atom is -0.493 e. The van der Waals surface area contributed by atoms with Crippen LogP contribution in [0.25, 0.3) is 5.69 Å². The van der Waals surface area contributed by atoms with Gasteiger partial charge in [-0.3, -0.25) is 14.6 Å². The second-order valence-corrected chi connectivity index (χ2v) is 10.5.